The van der Waals surface area contributed by atoms with Crippen LogP contribution in [0.4, 0.5) is 8.78 Å². The van der Waals surface area contributed by atoms with Gasteiger partial charge in [0.15, 0.2) is 11.6 Å². The summed E-state index contributed by atoms with van der Waals surface area (Å²) in [5.74, 6) is -3.81. The highest BCUT2D eigenvalue weighted by atomic mass is 35.5. The molecule has 11 heteroatoms. The number of nitrogens with zero attached hydrogens (tertiary/aromatic N) is 1. The number of esters is 1. The Bertz CT molecular complexity index is 1360. The monoisotopic (exact) mass is 536 g/mol. The van der Waals surface area contributed by atoms with Crippen molar-refractivity contribution < 1.29 is 33.3 Å². The molecular formula is C26H27ClF2N2O6. The van der Waals surface area contributed by atoms with Crippen LogP contribution < -0.4 is 15.5 Å². The highest BCUT2D eigenvalue weighted by Crippen LogP contribution is 2.40. The summed E-state index contributed by atoms with van der Waals surface area (Å²) < 4.78 is 42.2. The molecular weight excluding hydrogens is 510 g/mol. The molecule has 0 unspecified atom stereocenters. The Kier molecular flexibility index (Phi) is 7.84. The molecule has 5 rings (SSSR count). The summed E-state index contributed by atoms with van der Waals surface area (Å²) >= 11 is 0. The van der Waals surface area contributed by atoms with E-state index < -0.39 is 47.0 Å². The molecule has 0 bridgehead atoms. The number of benzene rings is 2. The second-order valence-electron chi connectivity index (χ2n) is 9.45. The molecule has 0 radical (unpaired) electrons. The van der Waals surface area contributed by atoms with Crippen LogP contribution in [-0.2, 0) is 11.3 Å². The Morgan fingerprint density at radius 2 is 1.95 bits per heavy atom. The number of β-amino-alcohol motifs (C(OH)–C–C–N with tert-alkyl or cyclic N) is 1. The van der Waals surface area contributed by atoms with E-state index in [1.54, 1.807) is 28.8 Å². The van der Waals surface area contributed by atoms with Gasteiger partial charge < -0.3 is 29.6 Å². The topological polar surface area (TPSA) is 110 Å². The lowest BCUT2D eigenvalue weighted by molar-refractivity contribution is 0.000243. The van der Waals surface area contributed by atoms with E-state index in [0.29, 0.717) is 0 Å². The summed E-state index contributed by atoms with van der Waals surface area (Å²) in [6.07, 6.45) is 2.97. The summed E-state index contributed by atoms with van der Waals surface area (Å²) in [6.45, 7) is -0.484. The number of rotatable bonds is 8. The molecule has 2 fully saturated rings. The van der Waals surface area contributed by atoms with E-state index in [0.717, 1.165) is 24.5 Å². The molecule has 2 atom stereocenters. The highest BCUT2D eigenvalue weighted by molar-refractivity contribution is 5.95. The number of fused-ring (bicyclic) bond motifs is 1. The zero-order chi connectivity index (χ0) is 25.4. The van der Waals surface area contributed by atoms with Crippen LogP contribution in [-0.4, -0.2) is 52.2 Å². The normalized spacial score (nSPS) is 21.0. The Morgan fingerprint density at radius 3 is 2.59 bits per heavy atom. The van der Waals surface area contributed by atoms with Gasteiger partial charge in [0.1, 0.15) is 24.4 Å². The number of aliphatic hydroxyl groups is 2. The number of ether oxygens (including phenoxy) is 2. The summed E-state index contributed by atoms with van der Waals surface area (Å²) in [5.41, 5.74) is -1.56. The standard InChI is InChI=1S/C26H26F2N2O6.ClH/c27-20-8-18-22(24(21(20)28)35-12-16-9-26(34,14-31)13-29-16)30(17-6-7-17)10-19(23(18)32)25(33)36-11-15-4-2-1-3-5-15;/h1-5,8,10,16-17,29,31,34H,6-7,9,11-14H2;1H/t16-,26+;/m0./s1. The van der Waals surface area contributed by atoms with Crippen LogP contribution in [0.15, 0.2) is 47.4 Å². The Balaban J connectivity index is 0.00000320. The van der Waals surface area contributed by atoms with E-state index in [2.05, 4.69) is 5.32 Å². The van der Waals surface area contributed by atoms with Crippen LogP contribution in [0, 0.1) is 11.6 Å². The maximum atomic E-state index is 15.0. The van der Waals surface area contributed by atoms with Crippen molar-refractivity contribution in [3.05, 3.63) is 75.6 Å². The van der Waals surface area contributed by atoms with Crippen molar-refractivity contribution in [1.29, 1.82) is 0 Å². The van der Waals surface area contributed by atoms with Crippen LogP contribution >= 0.6 is 12.4 Å². The maximum Gasteiger partial charge on any atom is 0.343 e. The van der Waals surface area contributed by atoms with Crippen LogP contribution in [0.25, 0.3) is 10.9 Å². The summed E-state index contributed by atoms with van der Waals surface area (Å²) in [6, 6.07) is 9.22. The van der Waals surface area contributed by atoms with Gasteiger partial charge in [-0.25, -0.2) is 9.18 Å². The van der Waals surface area contributed by atoms with Crippen LogP contribution in [0.5, 0.6) is 5.75 Å². The molecule has 1 saturated carbocycles. The third kappa shape index (κ3) is 5.47. The number of pyridine rings is 1. The lowest BCUT2D eigenvalue weighted by atomic mass is 10.0. The minimum absolute atomic E-state index is 0. The van der Waals surface area contributed by atoms with Gasteiger partial charge in [0, 0.05) is 24.8 Å². The number of hydrogen-bond acceptors (Lipinski definition) is 7. The van der Waals surface area contributed by atoms with Crippen molar-refractivity contribution >= 4 is 29.3 Å². The van der Waals surface area contributed by atoms with Crippen LogP contribution in [0.3, 0.4) is 0 Å². The molecule has 2 heterocycles. The van der Waals surface area contributed by atoms with E-state index in [4.69, 9.17) is 9.47 Å². The second kappa shape index (κ2) is 10.7. The third-order valence-corrected chi connectivity index (χ3v) is 6.61. The molecule has 2 aromatic carbocycles. The Labute approximate surface area is 217 Å². The predicted molar refractivity (Wildman–Crippen MR) is 133 cm³/mol. The van der Waals surface area contributed by atoms with Gasteiger partial charge in [-0.15, -0.1) is 12.4 Å². The van der Waals surface area contributed by atoms with Crippen molar-refractivity contribution in [3.63, 3.8) is 0 Å². The second-order valence-corrected chi connectivity index (χ2v) is 9.45. The van der Waals surface area contributed by atoms with E-state index in [-0.39, 0.29) is 61.1 Å². The number of aromatic nitrogens is 1. The van der Waals surface area contributed by atoms with Gasteiger partial charge in [-0.05, 0) is 30.9 Å². The van der Waals surface area contributed by atoms with E-state index in [1.165, 1.54) is 6.20 Å². The first-order valence-electron chi connectivity index (χ1n) is 11.8. The molecule has 2 aliphatic rings. The van der Waals surface area contributed by atoms with Gasteiger partial charge in [-0.1, -0.05) is 30.3 Å². The quantitative estimate of drug-likeness (QED) is 0.380. The van der Waals surface area contributed by atoms with Gasteiger partial charge in [-0.3, -0.25) is 4.79 Å². The summed E-state index contributed by atoms with van der Waals surface area (Å²) in [7, 11) is 0. The fraction of sp³-hybridized carbons (Fsp3) is 0.385. The number of aliphatic hydroxyl groups excluding tert-OH is 1. The Morgan fingerprint density at radius 1 is 1.22 bits per heavy atom. The number of carbonyl (C=O) groups is 1. The molecule has 1 saturated heterocycles. The fourth-order valence-corrected chi connectivity index (χ4v) is 4.51. The minimum atomic E-state index is -1.32. The number of halogens is 3. The lowest BCUT2D eigenvalue weighted by Gasteiger charge is -2.20. The van der Waals surface area contributed by atoms with Gasteiger partial charge >= 0.3 is 5.97 Å². The van der Waals surface area contributed by atoms with Crippen molar-refractivity contribution in [3.8, 4) is 5.75 Å². The van der Waals surface area contributed by atoms with Crippen molar-refractivity contribution in [2.45, 2.75) is 43.6 Å². The molecule has 1 aliphatic heterocycles. The average molecular weight is 537 g/mol. The van der Waals surface area contributed by atoms with Gasteiger partial charge in [0.2, 0.25) is 11.2 Å². The molecule has 1 aliphatic carbocycles. The van der Waals surface area contributed by atoms with E-state index >= 15 is 0 Å². The molecule has 0 spiro atoms. The number of carbonyl (C=O) groups excluding carboxylic acids is 1. The fourth-order valence-electron chi connectivity index (χ4n) is 4.51. The molecule has 1 aromatic heterocycles. The van der Waals surface area contributed by atoms with Crippen LogP contribution in [0.2, 0.25) is 0 Å². The highest BCUT2D eigenvalue weighted by Gasteiger charge is 2.37. The van der Waals surface area contributed by atoms with Crippen molar-refractivity contribution in [1.82, 2.24) is 9.88 Å². The van der Waals surface area contributed by atoms with Crippen molar-refractivity contribution in [2.75, 3.05) is 19.8 Å². The summed E-state index contributed by atoms with van der Waals surface area (Å²) in [4.78, 5) is 26.1. The first kappa shape index (κ1) is 27.0. The lowest BCUT2D eigenvalue weighted by Crippen LogP contribution is -2.35. The van der Waals surface area contributed by atoms with Crippen LogP contribution in [0.1, 0.15) is 41.2 Å². The predicted octanol–water partition coefficient (Wildman–Crippen LogP) is 2.86. The van der Waals surface area contributed by atoms with Gasteiger partial charge in [0.25, 0.3) is 0 Å². The molecule has 37 heavy (non-hydrogen) atoms. The van der Waals surface area contributed by atoms with E-state index in [9.17, 15) is 28.6 Å². The summed E-state index contributed by atoms with van der Waals surface area (Å²) in [5, 5.41) is 22.3. The number of nitrogens with one attached hydrogen (secondary N) is 1. The smallest absolute Gasteiger partial charge is 0.343 e. The zero-order valence-electron chi connectivity index (χ0n) is 19.8. The SMILES string of the molecule is Cl.O=C(OCc1ccccc1)c1cn(C2CC2)c2c(OC[C@@H]3C[C@](O)(CO)CN3)c(F)c(F)cc2c1=O. The first-order chi connectivity index (χ1) is 17.3. The zero-order valence-corrected chi connectivity index (χ0v) is 20.6. The third-order valence-electron chi connectivity index (χ3n) is 6.61. The molecule has 0 amide bonds. The Hall–Kier alpha value is -3.05. The van der Waals surface area contributed by atoms with Crippen molar-refractivity contribution in [2.24, 2.45) is 0 Å². The number of hydrogen-bond donors (Lipinski definition) is 3. The minimum Gasteiger partial charge on any atom is -0.487 e. The first-order valence-corrected chi connectivity index (χ1v) is 11.8. The average Bonchev–Trinajstić information content (AvgIpc) is 3.66. The largest absolute Gasteiger partial charge is 0.487 e. The van der Waals surface area contributed by atoms with Gasteiger partial charge in [0.05, 0.1) is 17.5 Å². The molecule has 198 valence electrons. The maximum absolute atomic E-state index is 15.0. The molecule has 3 N–H and O–H groups in total. The van der Waals surface area contributed by atoms with Gasteiger partial charge in [-0.2, -0.15) is 4.39 Å². The molecule has 3 aromatic rings. The van der Waals surface area contributed by atoms with E-state index in [1.807, 2.05) is 6.07 Å². The molecule has 8 nitrogen and oxygen atoms in total.